The number of anilines is 1. The van der Waals surface area contributed by atoms with Gasteiger partial charge in [0.15, 0.2) is 0 Å². The Morgan fingerprint density at radius 1 is 1.07 bits per heavy atom. The number of ether oxygens (including phenoxy) is 1. The van der Waals surface area contributed by atoms with Gasteiger partial charge in [-0.1, -0.05) is 6.07 Å². The van der Waals surface area contributed by atoms with Crippen molar-refractivity contribution >= 4 is 16.7 Å². The zero-order chi connectivity index (χ0) is 19.1. The van der Waals surface area contributed by atoms with Crippen LogP contribution in [0.3, 0.4) is 0 Å². The Kier molecular flexibility index (Phi) is 4.05. The van der Waals surface area contributed by atoms with E-state index >= 15 is 0 Å². The fourth-order valence-corrected chi connectivity index (χ4v) is 3.81. The summed E-state index contributed by atoms with van der Waals surface area (Å²) in [5.74, 6) is 0.897. The second-order valence-corrected chi connectivity index (χ2v) is 7.24. The van der Waals surface area contributed by atoms with Gasteiger partial charge in [0, 0.05) is 36.3 Å². The molecule has 0 saturated carbocycles. The van der Waals surface area contributed by atoms with E-state index in [1.54, 1.807) is 6.33 Å². The third kappa shape index (κ3) is 3.01. The minimum absolute atomic E-state index is 0.172. The maximum absolute atomic E-state index is 5.84. The quantitative estimate of drug-likeness (QED) is 0.571. The first-order valence-corrected chi connectivity index (χ1v) is 9.37. The van der Waals surface area contributed by atoms with Crippen LogP contribution >= 0.6 is 0 Å². The minimum atomic E-state index is 0.172. The molecule has 1 aliphatic heterocycles. The molecule has 1 saturated heterocycles. The van der Waals surface area contributed by atoms with Crippen LogP contribution in [0.25, 0.3) is 33.4 Å². The van der Waals surface area contributed by atoms with Gasteiger partial charge in [-0.2, -0.15) is 10.2 Å². The fourth-order valence-electron chi connectivity index (χ4n) is 3.81. The number of rotatable bonds is 3. The third-order valence-corrected chi connectivity index (χ3v) is 5.03. The number of morpholine rings is 1. The van der Waals surface area contributed by atoms with Crippen LogP contribution in [0.4, 0.5) is 5.82 Å². The highest BCUT2D eigenvalue weighted by Crippen LogP contribution is 2.30. The van der Waals surface area contributed by atoms with Gasteiger partial charge in [0.25, 0.3) is 0 Å². The van der Waals surface area contributed by atoms with Crippen molar-refractivity contribution in [1.82, 2.24) is 30.4 Å². The molecule has 142 valence electrons. The van der Waals surface area contributed by atoms with Crippen LogP contribution in [-0.2, 0) is 4.74 Å². The lowest BCUT2D eigenvalue weighted by Crippen LogP contribution is -2.45. The van der Waals surface area contributed by atoms with Crippen molar-refractivity contribution < 1.29 is 4.74 Å². The standard InChI is InChI=1S/C20H21N7O/c1-12-9-27(10-13(2)28-12)19-6-18(21-11-22-19)20-16-5-14(15-7-23-24-8-15)3-4-17(16)25-26-20/h3-8,11-13H,9-10H2,1-2H3,(H,23,24)(H,25,26)/t12-,13+. The zero-order valence-corrected chi connectivity index (χ0v) is 15.8. The summed E-state index contributed by atoms with van der Waals surface area (Å²) < 4.78 is 5.84. The highest BCUT2D eigenvalue weighted by atomic mass is 16.5. The molecule has 0 spiro atoms. The normalized spacial score (nSPS) is 20.0. The van der Waals surface area contributed by atoms with Gasteiger partial charge in [0.05, 0.1) is 29.6 Å². The van der Waals surface area contributed by atoms with Crippen molar-refractivity contribution in [2.45, 2.75) is 26.1 Å². The third-order valence-electron chi connectivity index (χ3n) is 5.03. The predicted octanol–water partition coefficient (Wildman–Crippen LogP) is 3.02. The number of fused-ring (bicyclic) bond motifs is 1. The van der Waals surface area contributed by atoms with Crippen molar-refractivity contribution in [3.63, 3.8) is 0 Å². The summed E-state index contributed by atoms with van der Waals surface area (Å²) in [4.78, 5) is 11.2. The highest BCUT2D eigenvalue weighted by Gasteiger charge is 2.24. The monoisotopic (exact) mass is 375 g/mol. The lowest BCUT2D eigenvalue weighted by molar-refractivity contribution is -0.00546. The van der Waals surface area contributed by atoms with Crippen molar-refractivity contribution in [2.24, 2.45) is 0 Å². The Hall–Kier alpha value is -3.26. The number of hydrogen-bond acceptors (Lipinski definition) is 6. The van der Waals surface area contributed by atoms with Crippen molar-refractivity contribution in [1.29, 1.82) is 0 Å². The second kappa shape index (κ2) is 6.72. The van der Waals surface area contributed by atoms with Crippen LogP contribution in [0.5, 0.6) is 0 Å². The number of benzene rings is 1. The smallest absolute Gasteiger partial charge is 0.132 e. The molecule has 4 aromatic rings. The molecule has 8 heteroatoms. The molecule has 0 amide bonds. The summed E-state index contributed by atoms with van der Waals surface area (Å²) in [6, 6.07) is 8.20. The van der Waals surface area contributed by atoms with Crippen molar-refractivity contribution in [2.75, 3.05) is 18.0 Å². The molecule has 8 nitrogen and oxygen atoms in total. The molecule has 0 unspecified atom stereocenters. The molecular weight excluding hydrogens is 354 g/mol. The molecule has 5 rings (SSSR count). The largest absolute Gasteiger partial charge is 0.372 e. The SMILES string of the molecule is C[C@@H]1CN(c2cc(-c3n[nH]c4ccc(-c5cn[nH]c5)cc34)ncn2)C[C@H](C)O1. The Morgan fingerprint density at radius 3 is 2.71 bits per heavy atom. The van der Waals surface area contributed by atoms with E-state index in [4.69, 9.17) is 4.74 Å². The van der Waals surface area contributed by atoms with E-state index < -0.39 is 0 Å². The Morgan fingerprint density at radius 2 is 1.93 bits per heavy atom. The number of aromatic amines is 2. The molecule has 0 bridgehead atoms. The van der Waals surface area contributed by atoms with Gasteiger partial charge in [0.1, 0.15) is 17.8 Å². The predicted molar refractivity (Wildman–Crippen MR) is 107 cm³/mol. The fraction of sp³-hybridized carbons (Fsp3) is 0.300. The molecule has 0 aliphatic carbocycles. The topological polar surface area (TPSA) is 95.6 Å². The number of aromatic nitrogens is 6. The van der Waals surface area contributed by atoms with E-state index in [9.17, 15) is 0 Å². The maximum atomic E-state index is 5.84. The summed E-state index contributed by atoms with van der Waals surface area (Å²) >= 11 is 0. The first-order valence-electron chi connectivity index (χ1n) is 9.37. The summed E-state index contributed by atoms with van der Waals surface area (Å²) in [5.41, 5.74) is 4.70. The van der Waals surface area contributed by atoms with E-state index in [2.05, 4.69) is 61.2 Å². The molecular formula is C20H21N7O. The van der Waals surface area contributed by atoms with Gasteiger partial charge in [0.2, 0.25) is 0 Å². The molecule has 28 heavy (non-hydrogen) atoms. The molecule has 0 radical (unpaired) electrons. The first kappa shape index (κ1) is 16.9. The van der Waals surface area contributed by atoms with Crippen LogP contribution in [0.2, 0.25) is 0 Å². The summed E-state index contributed by atoms with van der Waals surface area (Å²) in [6.45, 7) is 5.80. The molecule has 2 N–H and O–H groups in total. The van der Waals surface area contributed by atoms with Crippen LogP contribution < -0.4 is 4.90 Å². The van der Waals surface area contributed by atoms with Gasteiger partial charge in [-0.05, 0) is 31.5 Å². The average molecular weight is 375 g/mol. The summed E-state index contributed by atoms with van der Waals surface area (Å²) in [7, 11) is 0. The number of hydrogen-bond donors (Lipinski definition) is 2. The van der Waals surface area contributed by atoms with E-state index in [-0.39, 0.29) is 12.2 Å². The van der Waals surface area contributed by atoms with Gasteiger partial charge in [-0.3, -0.25) is 10.2 Å². The van der Waals surface area contributed by atoms with Crippen molar-refractivity contribution in [3.05, 3.63) is 43.0 Å². The molecule has 1 aliphatic rings. The van der Waals surface area contributed by atoms with Gasteiger partial charge >= 0.3 is 0 Å². The van der Waals surface area contributed by atoms with Gasteiger partial charge in [-0.25, -0.2) is 9.97 Å². The Balaban J connectivity index is 1.54. The molecule has 4 heterocycles. The zero-order valence-electron chi connectivity index (χ0n) is 15.8. The van der Waals surface area contributed by atoms with Crippen LogP contribution in [0, 0.1) is 0 Å². The summed E-state index contributed by atoms with van der Waals surface area (Å²) in [6.07, 6.45) is 5.64. The first-order chi connectivity index (χ1) is 13.7. The van der Waals surface area contributed by atoms with E-state index in [0.29, 0.717) is 0 Å². The van der Waals surface area contributed by atoms with E-state index in [0.717, 1.165) is 52.3 Å². The number of nitrogens with zero attached hydrogens (tertiary/aromatic N) is 5. The minimum Gasteiger partial charge on any atom is -0.372 e. The molecule has 3 aromatic heterocycles. The maximum Gasteiger partial charge on any atom is 0.132 e. The van der Waals surface area contributed by atoms with Gasteiger partial charge < -0.3 is 9.64 Å². The van der Waals surface area contributed by atoms with E-state index in [1.165, 1.54) is 0 Å². The van der Waals surface area contributed by atoms with Crippen LogP contribution in [-0.4, -0.2) is 55.7 Å². The lowest BCUT2D eigenvalue weighted by atomic mass is 10.1. The lowest BCUT2D eigenvalue weighted by Gasteiger charge is -2.36. The highest BCUT2D eigenvalue weighted by molar-refractivity contribution is 5.95. The molecule has 1 fully saturated rings. The van der Waals surface area contributed by atoms with Crippen molar-refractivity contribution in [3.8, 4) is 22.5 Å². The van der Waals surface area contributed by atoms with Gasteiger partial charge in [-0.15, -0.1) is 0 Å². The number of H-pyrrole nitrogens is 2. The number of nitrogens with one attached hydrogen (secondary N) is 2. The van der Waals surface area contributed by atoms with Crippen LogP contribution in [0.15, 0.2) is 43.0 Å². The van der Waals surface area contributed by atoms with Crippen LogP contribution in [0.1, 0.15) is 13.8 Å². The molecule has 2 atom stereocenters. The average Bonchev–Trinajstić information content (AvgIpc) is 3.37. The summed E-state index contributed by atoms with van der Waals surface area (Å²) in [5, 5.41) is 15.5. The second-order valence-electron chi connectivity index (χ2n) is 7.24. The van der Waals surface area contributed by atoms with E-state index in [1.807, 2.05) is 24.5 Å². The Bertz CT molecular complexity index is 1090. The Labute approximate surface area is 162 Å². The molecule has 1 aromatic carbocycles.